The van der Waals surface area contributed by atoms with Crippen LogP contribution in [0.3, 0.4) is 0 Å². The number of likely N-dealkylation sites (tertiary alicyclic amines) is 4. The molecule has 22 nitrogen and oxygen atoms in total. The van der Waals surface area contributed by atoms with Crippen LogP contribution in [0.1, 0.15) is 202 Å². The molecule has 6 fully saturated rings. The number of piperidine rings is 4. The Morgan fingerprint density at radius 2 is 0.610 bits per heavy atom. The van der Waals surface area contributed by atoms with Crippen molar-refractivity contribution in [2.45, 2.75) is 218 Å². The number of hydrogen-bond donors (Lipinski definition) is 12. The smallest absolute Gasteiger partial charge is 0.255 e. The van der Waals surface area contributed by atoms with Gasteiger partial charge in [-0.25, -0.2) is 0 Å². The van der Waals surface area contributed by atoms with Gasteiger partial charge in [0.05, 0.1) is 56.7 Å². The largest absolute Gasteiger partial charge is 0.490 e. The number of nitrogen functional groups attached to an aromatic ring is 4. The minimum absolute atomic E-state index is 0.00532. The summed E-state index contributed by atoms with van der Waals surface area (Å²) in [6.45, 7) is 33.5. The van der Waals surface area contributed by atoms with Crippen LogP contribution in [0.5, 0.6) is 11.5 Å². The van der Waals surface area contributed by atoms with E-state index in [1.807, 2.05) is 149 Å². The Labute approximate surface area is 699 Å². The molecule has 4 unspecified atom stereocenters. The maximum absolute atomic E-state index is 12.5. The van der Waals surface area contributed by atoms with Gasteiger partial charge in [-0.2, -0.15) is 0 Å². The third kappa shape index (κ3) is 26.4. The Morgan fingerprint density at radius 1 is 0.356 bits per heavy atom. The molecule has 0 radical (unpaired) electrons. The molecule has 4 aliphatic heterocycles. The Kier molecular flexibility index (Phi) is 29.0. The number of para-hydroxylation sites is 8. The Bertz CT molecular complexity index is 4340. The third-order valence-corrected chi connectivity index (χ3v) is 23.5. The standard InChI is InChI=1S/C24H34N4O2.C24H32N4O.C24H33N3O3.C24H31N3O2/c1-23(2)15-19(13-14-28(23)16-24(3,4)30)26-18-11-9-17(10-12-18)22(29)27-21-8-6-5-7-20(21)25;1-24(2)15-20(13-14-28(24)16-17-7-8-17)26-19-11-9-18(10-12-19)23(29)27-22-6-4-3-5-21(22)25;1-23(2)15-19(13-14-27(23)16-24(3,4)29)30-18-11-9-17(10-12-18)22(28)26-21-8-6-5-7-20(21)25;1-24(2)15-20(13-14-27(24)16-17-7-8-17)29-19-11-9-18(10-12-19)23(28)26-22-6-4-3-5-21(22)25/h5-12,19,26,30H,13-16,25H2,1-4H3,(H,27,29);3-6,9-12,17,20,26H,7-8,13-16,25H2,1-2H3,(H,27,29);5-12,19,29H,13-16,25H2,1-4H3,(H,26,28);3-6,9-12,17,20H,7-8,13-16,25H2,1-2H3,(H,26,28). The fraction of sp³-hybridized carbons (Fsp3) is 0.458. The van der Waals surface area contributed by atoms with Crippen molar-refractivity contribution in [2.75, 3.05) is 107 Å². The van der Waals surface area contributed by atoms with E-state index in [4.69, 9.17) is 32.4 Å². The average Bonchev–Trinajstić information content (AvgIpc) is 1.16. The molecule has 6 aliphatic rings. The fourth-order valence-electron chi connectivity index (χ4n) is 16.4. The van der Waals surface area contributed by atoms with Crippen molar-refractivity contribution in [1.82, 2.24) is 19.6 Å². The van der Waals surface area contributed by atoms with Gasteiger partial charge < -0.3 is 74.5 Å². The molecule has 4 amide bonds. The summed E-state index contributed by atoms with van der Waals surface area (Å²) in [6, 6.07) is 59.6. The zero-order valence-electron chi connectivity index (χ0n) is 71.5. The molecule has 8 aromatic rings. The molecule has 0 spiro atoms. The van der Waals surface area contributed by atoms with Crippen molar-refractivity contribution in [3.05, 3.63) is 216 Å². The highest BCUT2D eigenvalue weighted by molar-refractivity contribution is 6.08. The predicted molar refractivity (Wildman–Crippen MR) is 482 cm³/mol. The summed E-state index contributed by atoms with van der Waals surface area (Å²) in [5.74, 6) is 2.70. The number of rotatable bonds is 24. The van der Waals surface area contributed by atoms with Gasteiger partial charge in [-0.1, -0.05) is 48.5 Å². The predicted octanol–water partition coefficient (Wildman–Crippen LogP) is 17.0. The molecule has 14 rings (SSSR count). The van der Waals surface area contributed by atoms with Crippen molar-refractivity contribution in [3.8, 4) is 11.5 Å². The molecule has 4 heterocycles. The summed E-state index contributed by atoms with van der Waals surface area (Å²) >= 11 is 0. The molecule has 22 heteroatoms. The van der Waals surface area contributed by atoms with Crippen molar-refractivity contribution < 1.29 is 38.9 Å². The number of aliphatic hydroxyl groups is 2. The zero-order valence-corrected chi connectivity index (χ0v) is 71.5. The molecule has 2 aliphatic carbocycles. The Balaban J connectivity index is 0.000000154. The van der Waals surface area contributed by atoms with E-state index in [1.165, 1.54) is 38.8 Å². The van der Waals surface area contributed by atoms with E-state index in [0.717, 1.165) is 112 Å². The van der Waals surface area contributed by atoms with Gasteiger partial charge in [-0.05, 0) is 305 Å². The lowest BCUT2D eigenvalue weighted by atomic mass is 9.85. The van der Waals surface area contributed by atoms with E-state index in [9.17, 15) is 29.4 Å². The van der Waals surface area contributed by atoms with Gasteiger partial charge in [0.25, 0.3) is 23.6 Å². The van der Waals surface area contributed by atoms with E-state index < -0.39 is 11.2 Å². The number of nitrogens with zero attached hydrogens (tertiary/aromatic N) is 4. The molecule has 2 saturated carbocycles. The summed E-state index contributed by atoms with van der Waals surface area (Å²) in [4.78, 5) is 59.9. The number of nitrogens with two attached hydrogens (primary N) is 4. The minimum Gasteiger partial charge on any atom is -0.490 e. The number of anilines is 10. The van der Waals surface area contributed by atoms with Crippen LogP contribution < -0.4 is 64.3 Å². The van der Waals surface area contributed by atoms with Crippen LogP contribution in [-0.4, -0.2) is 163 Å². The average molecular weight is 1610 g/mol. The second-order valence-corrected chi connectivity index (χ2v) is 37.0. The second kappa shape index (κ2) is 38.7. The highest BCUT2D eigenvalue weighted by atomic mass is 16.5. The summed E-state index contributed by atoms with van der Waals surface area (Å²) in [5, 5.41) is 39.0. The highest BCUT2D eigenvalue weighted by Crippen LogP contribution is 2.40. The van der Waals surface area contributed by atoms with Gasteiger partial charge in [-0.3, -0.25) is 38.8 Å². The van der Waals surface area contributed by atoms with E-state index in [2.05, 4.69) is 107 Å². The second-order valence-electron chi connectivity index (χ2n) is 37.0. The first kappa shape index (κ1) is 88.6. The van der Waals surface area contributed by atoms with Crippen LogP contribution in [0, 0.1) is 11.8 Å². The zero-order chi connectivity index (χ0) is 84.7. The van der Waals surface area contributed by atoms with E-state index in [1.54, 1.807) is 72.8 Å². The maximum Gasteiger partial charge on any atom is 0.255 e. The quantitative estimate of drug-likeness (QED) is 0.0250. The molecule has 4 saturated heterocycles. The number of β-amino-alcohol motifs (C(OH)–C–C–N with tert-alkyl or cyclic N) is 2. The van der Waals surface area contributed by atoms with Crippen molar-refractivity contribution >= 4 is 80.5 Å². The van der Waals surface area contributed by atoms with E-state index in [0.29, 0.717) is 92.9 Å². The van der Waals surface area contributed by atoms with Crippen LogP contribution in [0.4, 0.5) is 56.9 Å². The van der Waals surface area contributed by atoms with Crippen LogP contribution >= 0.6 is 0 Å². The van der Waals surface area contributed by atoms with Crippen molar-refractivity contribution in [3.63, 3.8) is 0 Å². The molecule has 0 bridgehead atoms. The van der Waals surface area contributed by atoms with E-state index >= 15 is 0 Å². The lowest BCUT2D eigenvalue weighted by Gasteiger charge is -2.47. The SMILES string of the molecule is CC(C)(O)CN1CCC(Nc2ccc(C(=O)Nc3ccccc3N)cc2)CC1(C)C.CC(C)(O)CN1CCC(Oc2ccc(C(=O)Nc3ccccc3N)cc2)CC1(C)C.CC1(C)CC(Nc2ccc(C(=O)Nc3ccccc3N)cc2)CCN1CC1CC1.CC1(C)CC(Oc2ccc(C(=O)Nc3ccccc3N)cc2)CCN1CC1CC1. The van der Waals surface area contributed by atoms with Gasteiger partial charge in [0, 0.05) is 133 Å². The van der Waals surface area contributed by atoms with Gasteiger partial charge in [0.2, 0.25) is 0 Å². The lowest BCUT2D eigenvalue weighted by Crippen LogP contribution is -2.56. The number of hydrogen-bond acceptors (Lipinski definition) is 18. The Morgan fingerprint density at radius 3 is 0.873 bits per heavy atom. The number of amides is 4. The number of ether oxygens (including phenoxy) is 2. The lowest BCUT2D eigenvalue weighted by molar-refractivity contribution is -0.0433. The number of carbonyl (C=O) groups excluding carboxylic acids is 4. The monoisotopic (exact) mass is 1610 g/mol. The molecule has 8 aromatic carbocycles. The Hall–Kier alpha value is -10.2. The van der Waals surface area contributed by atoms with Gasteiger partial charge in [-0.15, -0.1) is 0 Å². The molecule has 632 valence electrons. The number of carbonyl (C=O) groups is 4. The first-order chi connectivity index (χ1) is 55.9. The molecular weight excluding hydrogens is 1480 g/mol. The summed E-state index contributed by atoms with van der Waals surface area (Å²) in [7, 11) is 0. The molecule has 118 heavy (non-hydrogen) atoms. The van der Waals surface area contributed by atoms with Crippen LogP contribution in [0.25, 0.3) is 0 Å². The minimum atomic E-state index is -0.716. The summed E-state index contributed by atoms with van der Waals surface area (Å²) < 4.78 is 12.5. The molecule has 4 atom stereocenters. The van der Waals surface area contributed by atoms with E-state index in [-0.39, 0.29) is 58.0 Å². The molecule has 16 N–H and O–H groups in total. The van der Waals surface area contributed by atoms with Crippen LogP contribution in [-0.2, 0) is 0 Å². The summed E-state index contributed by atoms with van der Waals surface area (Å²) in [6.07, 6.45) is 14.0. The van der Waals surface area contributed by atoms with Crippen LogP contribution in [0.2, 0.25) is 0 Å². The molecule has 0 aromatic heterocycles. The molecular formula is C96H130N14O8. The number of benzene rings is 8. The first-order valence-electron chi connectivity index (χ1n) is 42.2. The van der Waals surface area contributed by atoms with Crippen LogP contribution in [0.15, 0.2) is 194 Å². The topological polar surface area (TPSA) is 316 Å². The highest BCUT2D eigenvalue weighted by Gasteiger charge is 2.42. The van der Waals surface area contributed by atoms with Crippen molar-refractivity contribution in [2.24, 2.45) is 11.8 Å². The summed E-state index contributed by atoms with van der Waals surface area (Å²) in [5.41, 5.74) is 31.6. The third-order valence-electron chi connectivity index (χ3n) is 23.5. The maximum atomic E-state index is 12.5. The first-order valence-corrected chi connectivity index (χ1v) is 42.2. The normalized spacial score (nSPS) is 20.4. The number of nitrogens with one attached hydrogen (secondary N) is 6. The fourth-order valence-corrected chi connectivity index (χ4v) is 16.4. The van der Waals surface area contributed by atoms with Gasteiger partial charge in [0.1, 0.15) is 23.7 Å². The van der Waals surface area contributed by atoms with Gasteiger partial charge in [0.15, 0.2) is 0 Å². The van der Waals surface area contributed by atoms with Crippen molar-refractivity contribution in [1.29, 1.82) is 0 Å². The van der Waals surface area contributed by atoms with Gasteiger partial charge >= 0.3 is 0 Å².